The van der Waals surface area contributed by atoms with Crippen molar-refractivity contribution in [3.63, 3.8) is 0 Å². The van der Waals surface area contributed by atoms with Crippen molar-refractivity contribution in [3.05, 3.63) is 47.9 Å². The number of hydrogen-bond acceptors (Lipinski definition) is 3. The molecule has 2 aromatic rings. The molecule has 0 unspecified atom stereocenters. The molecule has 162 valence electrons. The zero-order valence-electron chi connectivity index (χ0n) is 16.8. The zero-order valence-corrected chi connectivity index (χ0v) is 19.2. The van der Waals surface area contributed by atoms with E-state index >= 15 is 0 Å². The number of halogens is 4. The van der Waals surface area contributed by atoms with E-state index in [2.05, 4.69) is 36.1 Å². The fourth-order valence-electron chi connectivity index (χ4n) is 2.59. The Morgan fingerprint density at radius 2 is 2.03 bits per heavy atom. The Hall–Kier alpha value is -1.98. The largest absolute Gasteiger partial charge is 0.417 e. The summed E-state index contributed by atoms with van der Waals surface area (Å²) in [5.41, 5.74) is 0.433. The van der Waals surface area contributed by atoms with Gasteiger partial charge in [-0.25, -0.2) is 4.98 Å². The number of guanidine groups is 1. The van der Waals surface area contributed by atoms with Crippen molar-refractivity contribution in [1.82, 2.24) is 19.8 Å². The van der Waals surface area contributed by atoms with Crippen LogP contribution in [0.1, 0.15) is 24.6 Å². The fourth-order valence-corrected chi connectivity index (χ4v) is 2.59. The number of nitrogens with one attached hydrogen (secondary N) is 2. The average Bonchev–Trinajstić information content (AvgIpc) is 3.04. The fraction of sp³-hybridized carbons (Fsp3) is 0.474. The van der Waals surface area contributed by atoms with E-state index in [4.69, 9.17) is 0 Å². The summed E-state index contributed by atoms with van der Waals surface area (Å²) in [5, 5.41) is 6.29. The van der Waals surface area contributed by atoms with Crippen LogP contribution < -0.4 is 10.6 Å². The summed E-state index contributed by atoms with van der Waals surface area (Å²) in [6, 6.07) is 6.44. The normalized spacial score (nSPS) is 11.7. The summed E-state index contributed by atoms with van der Waals surface area (Å²) in [6.45, 7) is 4.69. The first-order chi connectivity index (χ1) is 13.3. The van der Waals surface area contributed by atoms with E-state index in [0.717, 1.165) is 37.7 Å². The molecule has 2 rings (SSSR count). The third-order valence-corrected chi connectivity index (χ3v) is 4.14. The van der Waals surface area contributed by atoms with Crippen molar-refractivity contribution in [1.29, 1.82) is 0 Å². The Balaban J connectivity index is 0.00000420. The van der Waals surface area contributed by atoms with E-state index in [-0.39, 0.29) is 24.0 Å². The van der Waals surface area contributed by atoms with Crippen molar-refractivity contribution in [2.24, 2.45) is 12.0 Å². The molecule has 0 aliphatic rings. The molecule has 0 bridgehead atoms. The number of alkyl halides is 3. The molecule has 0 saturated heterocycles. The molecule has 0 atom stereocenters. The molecule has 2 aromatic heterocycles. The standard InChI is InChI=1S/C19H27F3N6.HI/c1-4-23-18(28(3)14-16-7-5-12-27(16)2)25-11-6-10-24-17-9-8-15(13-26-17)19(20,21)22;/h5,7-9,12-13H,4,6,10-11,14H2,1-3H3,(H,23,25)(H,24,26);1H. The molecule has 2 heterocycles. The highest BCUT2D eigenvalue weighted by molar-refractivity contribution is 14.0. The molecule has 0 amide bonds. The minimum Gasteiger partial charge on any atom is -0.370 e. The summed E-state index contributed by atoms with van der Waals surface area (Å²) in [4.78, 5) is 10.5. The summed E-state index contributed by atoms with van der Waals surface area (Å²) in [6.07, 6.45) is -0.791. The second kappa shape index (κ2) is 11.9. The van der Waals surface area contributed by atoms with E-state index in [9.17, 15) is 13.2 Å². The summed E-state index contributed by atoms with van der Waals surface area (Å²) in [7, 11) is 3.99. The first-order valence-corrected chi connectivity index (χ1v) is 9.18. The van der Waals surface area contributed by atoms with E-state index in [1.807, 2.05) is 33.3 Å². The second-order valence-corrected chi connectivity index (χ2v) is 6.41. The number of aliphatic imine (C=N–C) groups is 1. The molecule has 2 N–H and O–H groups in total. The van der Waals surface area contributed by atoms with Crippen LogP contribution in [-0.2, 0) is 19.8 Å². The molecule has 0 aliphatic carbocycles. The van der Waals surface area contributed by atoms with Gasteiger partial charge in [0.05, 0.1) is 12.1 Å². The molecular weight excluding hydrogens is 496 g/mol. The topological polar surface area (TPSA) is 57.5 Å². The lowest BCUT2D eigenvalue weighted by Gasteiger charge is -2.22. The second-order valence-electron chi connectivity index (χ2n) is 6.41. The predicted octanol–water partition coefficient (Wildman–Crippen LogP) is 3.96. The first-order valence-electron chi connectivity index (χ1n) is 9.18. The highest BCUT2D eigenvalue weighted by Crippen LogP contribution is 2.28. The molecule has 0 fully saturated rings. The van der Waals surface area contributed by atoms with Crippen LogP contribution in [0, 0.1) is 0 Å². The van der Waals surface area contributed by atoms with Gasteiger partial charge in [-0.1, -0.05) is 0 Å². The van der Waals surface area contributed by atoms with Gasteiger partial charge in [0.1, 0.15) is 5.82 Å². The maximum absolute atomic E-state index is 12.5. The Kier molecular flexibility index (Phi) is 10.3. The van der Waals surface area contributed by atoms with Gasteiger partial charge in [0, 0.05) is 51.8 Å². The summed E-state index contributed by atoms with van der Waals surface area (Å²) in [5.74, 6) is 1.24. The number of anilines is 1. The quantitative estimate of drug-likeness (QED) is 0.238. The number of nitrogens with zero attached hydrogens (tertiary/aromatic N) is 4. The average molecular weight is 524 g/mol. The maximum Gasteiger partial charge on any atom is 0.417 e. The predicted molar refractivity (Wildman–Crippen MR) is 121 cm³/mol. The van der Waals surface area contributed by atoms with Crippen LogP contribution in [0.25, 0.3) is 0 Å². The van der Waals surface area contributed by atoms with Crippen molar-refractivity contribution in [2.75, 3.05) is 32.0 Å². The molecular formula is C19H28F3IN6. The molecule has 10 heteroatoms. The number of aryl methyl sites for hydroxylation is 1. The molecule has 0 aromatic carbocycles. The van der Waals surface area contributed by atoms with Crippen molar-refractivity contribution in [3.8, 4) is 0 Å². The third kappa shape index (κ3) is 8.11. The highest BCUT2D eigenvalue weighted by atomic mass is 127. The Morgan fingerprint density at radius 1 is 1.28 bits per heavy atom. The summed E-state index contributed by atoms with van der Waals surface area (Å²) < 4.78 is 39.7. The number of rotatable bonds is 8. The van der Waals surface area contributed by atoms with Crippen molar-refractivity contribution >= 4 is 35.8 Å². The van der Waals surface area contributed by atoms with Gasteiger partial charge in [0.15, 0.2) is 5.96 Å². The summed E-state index contributed by atoms with van der Waals surface area (Å²) >= 11 is 0. The van der Waals surface area contributed by atoms with Gasteiger partial charge in [-0.15, -0.1) is 24.0 Å². The number of aromatic nitrogens is 2. The lowest BCUT2D eigenvalue weighted by molar-refractivity contribution is -0.137. The molecule has 6 nitrogen and oxygen atoms in total. The minimum absolute atomic E-state index is 0. The van der Waals surface area contributed by atoms with Gasteiger partial charge < -0.3 is 20.1 Å². The van der Waals surface area contributed by atoms with Crippen molar-refractivity contribution < 1.29 is 13.2 Å². The van der Waals surface area contributed by atoms with Gasteiger partial charge in [0.25, 0.3) is 0 Å². The Bertz CT molecular complexity index is 758. The van der Waals surface area contributed by atoms with Crippen LogP contribution in [0.15, 0.2) is 41.7 Å². The van der Waals surface area contributed by atoms with E-state index in [1.165, 1.54) is 11.8 Å². The third-order valence-electron chi connectivity index (χ3n) is 4.14. The Morgan fingerprint density at radius 3 is 2.59 bits per heavy atom. The first kappa shape index (κ1) is 25.1. The molecule has 0 radical (unpaired) electrons. The van der Waals surface area contributed by atoms with E-state index in [1.54, 1.807) is 0 Å². The van der Waals surface area contributed by atoms with Crippen LogP contribution >= 0.6 is 24.0 Å². The van der Waals surface area contributed by atoms with E-state index in [0.29, 0.717) is 18.9 Å². The minimum atomic E-state index is -4.37. The van der Waals surface area contributed by atoms with Crippen LogP contribution in [0.3, 0.4) is 0 Å². The van der Waals surface area contributed by atoms with E-state index < -0.39 is 11.7 Å². The molecule has 0 aliphatic heterocycles. The van der Waals surface area contributed by atoms with Crippen LogP contribution in [0.5, 0.6) is 0 Å². The van der Waals surface area contributed by atoms with Gasteiger partial charge in [-0.3, -0.25) is 4.99 Å². The molecule has 0 spiro atoms. The lowest BCUT2D eigenvalue weighted by atomic mass is 10.3. The van der Waals surface area contributed by atoms with Gasteiger partial charge in [-0.05, 0) is 37.6 Å². The lowest BCUT2D eigenvalue weighted by Crippen LogP contribution is -2.39. The van der Waals surface area contributed by atoms with Crippen LogP contribution in [0.2, 0.25) is 0 Å². The van der Waals surface area contributed by atoms with Gasteiger partial charge >= 0.3 is 6.18 Å². The number of hydrogen-bond donors (Lipinski definition) is 2. The van der Waals surface area contributed by atoms with Crippen molar-refractivity contribution in [2.45, 2.75) is 26.1 Å². The van der Waals surface area contributed by atoms with Crippen LogP contribution in [0.4, 0.5) is 19.0 Å². The van der Waals surface area contributed by atoms with Gasteiger partial charge in [-0.2, -0.15) is 13.2 Å². The number of pyridine rings is 1. The van der Waals surface area contributed by atoms with Crippen LogP contribution in [-0.4, -0.2) is 47.1 Å². The molecule has 29 heavy (non-hydrogen) atoms. The SMILES string of the molecule is CCNC(=NCCCNc1ccc(C(F)(F)F)cn1)N(C)Cc1cccn1C.I. The van der Waals surface area contributed by atoms with Gasteiger partial charge in [0.2, 0.25) is 0 Å². The maximum atomic E-state index is 12.5. The highest BCUT2D eigenvalue weighted by Gasteiger charge is 2.30. The molecule has 0 saturated carbocycles. The Labute approximate surface area is 186 Å². The smallest absolute Gasteiger partial charge is 0.370 e. The monoisotopic (exact) mass is 524 g/mol. The zero-order chi connectivity index (χ0) is 20.6.